The molecule has 0 fully saturated rings. The summed E-state index contributed by atoms with van der Waals surface area (Å²) in [4.78, 5) is 21.4. The summed E-state index contributed by atoms with van der Waals surface area (Å²) < 4.78 is 0. The molecule has 4 nitrogen and oxygen atoms in total. The summed E-state index contributed by atoms with van der Waals surface area (Å²) >= 11 is 0. The molecule has 0 spiro atoms. The van der Waals surface area contributed by atoms with Crippen molar-refractivity contribution < 1.29 is 19.8 Å². The van der Waals surface area contributed by atoms with Crippen molar-refractivity contribution in [3.05, 3.63) is 42.5 Å². The number of carboxylic acids is 2. The van der Waals surface area contributed by atoms with Crippen LogP contribution in [-0.2, 0) is 9.59 Å². The molecule has 4 heteroatoms. The Morgan fingerprint density at radius 1 is 1.00 bits per heavy atom. The second-order valence-corrected chi connectivity index (χ2v) is 4.24. The zero-order chi connectivity index (χ0) is 13.5. The third-order valence-electron chi connectivity index (χ3n) is 2.64. The van der Waals surface area contributed by atoms with Crippen LogP contribution in [0.4, 0.5) is 0 Å². The number of carboxylic acid groups (broad SMARTS) is 2. The summed E-state index contributed by atoms with van der Waals surface area (Å²) in [5.41, 5.74) is 1.68. The number of hydrogen-bond donors (Lipinski definition) is 2. The molecule has 0 saturated heterocycles. The van der Waals surface area contributed by atoms with Crippen molar-refractivity contribution in [2.24, 2.45) is 5.92 Å². The first-order valence-corrected chi connectivity index (χ1v) is 5.66. The standard InChI is InChI=1S/C14H16O4/c1-10(12-5-3-2-4-6-12)7-11(8-13(15)16)9-14(17)18/h2-6,11H,1,7-9H2,(H,15,16)(H,17,18). The van der Waals surface area contributed by atoms with Crippen LogP contribution in [0.25, 0.3) is 5.57 Å². The van der Waals surface area contributed by atoms with E-state index in [-0.39, 0.29) is 12.8 Å². The third-order valence-corrected chi connectivity index (χ3v) is 2.64. The molecule has 96 valence electrons. The molecule has 0 aromatic heterocycles. The second-order valence-electron chi connectivity index (χ2n) is 4.24. The van der Waals surface area contributed by atoms with E-state index in [1.54, 1.807) is 0 Å². The van der Waals surface area contributed by atoms with Crippen molar-refractivity contribution in [3.8, 4) is 0 Å². The smallest absolute Gasteiger partial charge is 0.303 e. The maximum Gasteiger partial charge on any atom is 0.303 e. The molecule has 0 unspecified atom stereocenters. The molecule has 0 saturated carbocycles. The van der Waals surface area contributed by atoms with E-state index in [4.69, 9.17) is 10.2 Å². The Labute approximate surface area is 106 Å². The summed E-state index contributed by atoms with van der Waals surface area (Å²) in [7, 11) is 0. The van der Waals surface area contributed by atoms with E-state index in [0.717, 1.165) is 11.1 Å². The topological polar surface area (TPSA) is 74.6 Å². The van der Waals surface area contributed by atoms with Gasteiger partial charge >= 0.3 is 11.9 Å². The maximum absolute atomic E-state index is 10.7. The molecule has 2 N–H and O–H groups in total. The van der Waals surface area contributed by atoms with Crippen LogP contribution in [0.1, 0.15) is 24.8 Å². The highest BCUT2D eigenvalue weighted by Gasteiger charge is 2.18. The Hall–Kier alpha value is -2.10. The Morgan fingerprint density at radius 2 is 1.50 bits per heavy atom. The molecule has 0 aliphatic heterocycles. The van der Waals surface area contributed by atoms with Gasteiger partial charge in [0.1, 0.15) is 0 Å². The van der Waals surface area contributed by atoms with Crippen LogP contribution in [0.3, 0.4) is 0 Å². The molecule has 18 heavy (non-hydrogen) atoms. The van der Waals surface area contributed by atoms with Crippen molar-refractivity contribution in [2.45, 2.75) is 19.3 Å². The first-order valence-electron chi connectivity index (χ1n) is 5.66. The van der Waals surface area contributed by atoms with Gasteiger partial charge in [-0.05, 0) is 23.5 Å². The van der Waals surface area contributed by atoms with E-state index in [1.807, 2.05) is 30.3 Å². The van der Waals surface area contributed by atoms with E-state index in [9.17, 15) is 9.59 Å². The summed E-state index contributed by atoms with van der Waals surface area (Å²) in [5.74, 6) is -2.39. The van der Waals surface area contributed by atoms with E-state index in [1.165, 1.54) is 0 Å². The highest BCUT2D eigenvalue weighted by atomic mass is 16.4. The lowest BCUT2D eigenvalue weighted by molar-refractivity contribution is -0.140. The Kier molecular flexibility index (Phi) is 5.11. The quantitative estimate of drug-likeness (QED) is 0.777. The number of benzene rings is 1. The van der Waals surface area contributed by atoms with E-state index < -0.39 is 17.9 Å². The molecular formula is C14H16O4. The van der Waals surface area contributed by atoms with E-state index >= 15 is 0 Å². The molecule has 0 heterocycles. The highest BCUT2D eigenvalue weighted by Crippen LogP contribution is 2.25. The van der Waals surface area contributed by atoms with E-state index in [2.05, 4.69) is 6.58 Å². The summed E-state index contributed by atoms with van der Waals surface area (Å²) in [5, 5.41) is 17.5. The van der Waals surface area contributed by atoms with Crippen LogP contribution in [0.15, 0.2) is 36.9 Å². The highest BCUT2D eigenvalue weighted by molar-refractivity contribution is 5.72. The SMILES string of the molecule is C=C(CC(CC(=O)O)CC(=O)O)c1ccccc1. The number of allylic oxidation sites excluding steroid dienone is 1. The lowest BCUT2D eigenvalue weighted by Crippen LogP contribution is -2.13. The fourth-order valence-electron chi connectivity index (χ4n) is 1.85. The van der Waals surface area contributed by atoms with Crippen LogP contribution >= 0.6 is 0 Å². The maximum atomic E-state index is 10.7. The Morgan fingerprint density at radius 3 is 1.94 bits per heavy atom. The van der Waals surface area contributed by atoms with Gasteiger partial charge in [0, 0.05) is 12.8 Å². The zero-order valence-electron chi connectivity index (χ0n) is 10.0. The summed E-state index contributed by atoms with van der Waals surface area (Å²) in [6.45, 7) is 3.89. The van der Waals surface area contributed by atoms with Crippen molar-refractivity contribution in [1.82, 2.24) is 0 Å². The second kappa shape index (κ2) is 6.59. The fraction of sp³-hybridized carbons (Fsp3) is 0.286. The predicted molar refractivity (Wildman–Crippen MR) is 68.1 cm³/mol. The van der Waals surface area contributed by atoms with Crippen molar-refractivity contribution >= 4 is 17.5 Å². The predicted octanol–water partition coefficient (Wildman–Crippen LogP) is 2.66. The van der Waals surface area contributed by atoms with Gasteiger partial charge < -0.3 is 10.2 Å². The van der Waals surface area contributed by atoms with Gasteiger partial charge in [-0.2, -0.15) is 0 Å². The average Bonchev–Trinajstić information content (AvgIpc) is 2.28. The Bertz CT molecular complexity index is 420. The van der Waals surface area contributed by atoms with Crippen LogP contribution < -0.4 is 0 Å². The largest absolute Gasteiger partial charge is 0.481 e. The van der Waals surface area contributed by atoms with Gasteiger partial charge in [-0.25, -0.2) is 0 Å². The van der Waals surface area contributed by atoms with Gasteiger partial charge in [-0.15, -0.1) is 0 Å². The minimum atomic E-state index is -0.984. The summed E-state index contributed by atoms with van der Waals surface area (Å²) in [6, 6.07) is 9.36. The minimum absolute atomic E-state index is 0.155. The molecule has 0 atom stereocenters. The molecule has 0 radical (unpaired) electrons. The number of hydrogen-bond acceptors (Lipinski definition) is 2. The van der Waals surface area contributed by atoms with Crippen LogP contribution in [0.5, 0.6) is 0 Å². The van der Waals surface area contributed by atoms with Gasteiger partial charge in [-0.3, -0.25) is 9.59 Å². The van der Waals surface area contributed by atoms with Gasteiger partial charge in [0.25, 0.3) is 0 Å². The van der Waals surface area contributed by atoms with Crippen LogP contribution in [0.2, 0.25) is 0 Å². The summed E-state index contributed by atoms with van der Waals surface area (Å²) in [6.07, 6.45) is 0.0684. The van der Waals surface area contributed by atoms with Crippen molar-refractivity contribution in [1.29, 1.82) is 0 Å². The van der Waals surface area contributed by atoms with Crippen molar-refractivity contribution in [2.75, 3.05) is 0 Å². The molecule has 1 aromatic rings. The molecule has 1 aromatic carbocycles. The molecule has 0 amide bonds. The van der Waals surface area contributed by atoms with Crippen molar-refractivity contribution in [3.63, 3.8) is 0 Å². The number of carbonyl (C=O) groups is 2. The number of rotatable bonds is 7. The van der Waals surface area contributed by atoms with E-state index in [0.29, 0.717) is 6.42 Å². The molecule has 0 aliphatic rings. The van der Waals surface area contributed by atoms with Gasteiger partial charge in [0.05, 0.1) is 0 Å². The lowest BCUT2D eigenvalue weighted by atomic mass is 9.90. The van der Waals surface area contributed by atoms with Crippen LogP contribution in [0, 0.1) is 5.92 Å². The van der Waals surface area contributed by atoms with Gasteiger partial charge in [0.15, 0.2) is 0 Å². The molecular weight excluding hydrogens is 232 g/mol. The normalized spacial score (nSPS) is 10.3. The Balaban J connectivity index is 2.68. The van der Waals surface area contributed by atoms with Gasteiger partial charge in [-0.1, -0.05) is 36.9 Å². The minimum Gasteiger partial charge on any atom is -0.481 e. The monoisotopic (exact) mass is 248 g/mol. The van der Waals surface area contributed by atoms with Gasteiger partial charge in [0.2, 0.25) is 0 Å². The van der Waals surface area contributed by atoms with Crippen LogP contribution in [-0.4, -0.2) is 22.2 Å². The zero-order valence-corrected chi connectivity index (χ0v) is 10.0. The molecule has 1 rings (SSSR count). The fourth-order valence-corrected chi connectivity index (χ4v) is 1.85. The molecule has 0 bridgehead atoms. The average molecular weight is 248 g/mol. The third kappa shape index (κ3) is 4.82. The lowest BCUT2D eigenvalue weighted by Gasteiger charge is -2.14. The number of aliphatic carboxylic acids is 2. The first kappa shape index (κ1) is 14.0. The first-order chi connectivity index (χ1) is 8.49. The molecule has 0 aliphatic carbocycles.